The summed E-state index contributed by atoms with van der Waals surface area (Å²) in [4.78, 5) is 23.4. The van der Waals surface area contributed by atoms with E-state index in [1.807, 2.05) is 24.3 Å². The Kier molecular flexibility index (Phi) is 5.96. The summed E-state index contributed by atoms with van der Waals surface area (Å²) >= 11 is 6.16. The fourth-order valence-corrected chi connectivity index (χ4v) is 3.12. The Morgan fingerprint density at radius 3 is 2.36 bits per heavy atom. The first-order chi connectivity index (χ1) is 13.4. The zero-order valence-electron chi connectivity index (χ0n) is 14.9. The van der Waals surface area contributed by atoms with Gasteiger partial charge in [0.15, 0.2) is 0 Å². The highest BCUT2D eigenvalue weighted by Crippen LogP contribution is 2.31. The van der Waals surface area contributed by atoms with Gasteiger partial charge in [0.2, 0.25) is 5.91 Å². The molecule has 3 aromatic rings. The molecule has 0 saturated heterocycles. The van der Waals surface area contributed by atoms with Crippen molar-refractivity contribution in [3.63, 3.8) is 0 Å². The van der Waals surface area contributed by atoms with E-state index in [-0.39, 0.29) is 29.3 Å². The van der Waals surface area contributed by atoms with E-state index in [0.29, 0.717) is 11.4 Å². The molecule has 0 heterocycles. The number of hydrogen-bond acceptors (Lipinski definition) is 3. The standard InChI is InChI=1S/C22H18ClNO4/c23-19-13-16(25)10-11-17(19)15-8-5-14(6-9-15)7-12-21(26)24-20-4-2-1-3-18(20)22(27)28/h1-6,8-11,13,25H,7,12H2,(H,24,26)(H,27,28). The number of amides is 1. The predicted molar refractivity (Wildman–Crippen MR) is 109 cm³/mol. The summed E-state index contributed by atoms with van der Waals surface area (Å²) in [6.45, 7) is 0. The number of aryl methyl sites for hydroxylation is 1. The van der Waals surface area contributed by atoms with Crippen LogP contribution in [0.1, 0.15) is 22.3 Å². The van der Waals surface area contributed by atoms with E-state index < -0.39 is 5.97 Å². The van der Waals surface area contributed by atoms with E-state index in [1.54, 1.807) is 30.3 Å². The number of hydrogen-bond donors (Lipinski definition) is 3. The van der Waals surface area contributed by atoms with E-state index in [9.17, 15) is 14.7 Å². The maximum absolute atomic E-state index is 12.2. The number of rotatable bonds is 6. The van der Waals surface area contributed by atoms with Gasteiger partial charge < -0.3 is 15.5 Å². The van der Waals surface area contributed by atoms with Crippen LogP contribution < -0.4 is 5.32 Å². The lowest BCUT2D eigenvalue weighted by atomic mass is 10.0. The fraction of sp³-hybridized carbons (Fsp3) is 0.0909. The maximum atomic E-state index is 12.2. The molecule has 3 rings (SSSR count). The minimum Gasteiger partial charge on any atom is -0.508 e. The number of carbonyl (C=O) groups is 2. The molecule has 0 saturated carbocycles. The van der Waals surface area contributed by atoms with Crippen molar-refractivity contribution in [3.8, 4) is 16.9 Å². The predicted octanol–water partition coefficient (Wildman–Crippen LogP) is 4.98. The molecule has 0 aliphatic rings. The monoisotopic (exact) mass is 395 g/mol. The van der Waals surface area contributed by atoms with Crippen LogP contribution >= 0.6 is 11.6 Å². The van der Waals surface area contributed by atoms with Gasteiger partial charge in [0, 0.05) is 12.0 Å². The van der Waals surface area contributed by atoms with Gasteiger partial charge in [0.1, 0.15) is 5.75 Å². The van der Waals surface area contributed by atoms with Crippen molar-refractivity contribution in [1.82, 2.24) is 0 Å². The lowest BCUT2D eigenvalue weighted by Gasteiger charge is -2.09. The lowest BCUT2D eigenvalue weighted by molar-refractivity contribution is -0.116. The summed E-state index contributed by atoms with van der Waals surface area (Å²) in [5.41, 5.74) is 3.05. The Morgan fingerprint density at radius 2 is 1.68 bits per heavy atom. The molecule has 0 bridgehead atoms. The van der Waals surface area contributed by atoms with Gasteiger partial charge in [0.05, 0.1) is 16.3 Å². The van der Waals surface area contributed by atoms with Gasteiger partial charge in [-0.3, -0.25) is 4.79 Å². The van der Waals surface area contributed by atoms with Crippen LogP contribution in [-0.4, -0.2) is 22.1 Å². The van der Waals surface area contributed by atoms with Gasteiger partial charge in [-0.2, -0.15) is 0 Å². The Labute approximate surface area is 167 Å². The Hall–Kier alpha value is -3.31. The molecule has 0 atom stereocenters. The van der Waals surface area contributed by atoms with Crippen LogP contribution in [0.4, 0.5) is 5.69 Å². The lowest BCUT2D eigenvalue weighted by Crippen LogP contribution is -2.15. The molecule has 1 amide bonds. The van der Waals surface area contributed by atoms with Crippen LogP contribution in [0.2, 0.25) is 5.02 Å². The minimum absolute atomic E-state index is 0.0611. The third kappa shape index (κ3) is 4.69. The van der Waals surface area contributed by atoms with Gasteiger partial charge in [-0.15, -0.1) is 0 Å². The third-order valence-electron chi connectivity index (χ3n) is 4.29. The highest BCUT2D eigenvalue weighted by Gasteiger charge is 2.12. The number of benzene rings is 3. The summed E-state index contributed by atoms with van der Waals surface area (Å²) < 4.78 is 0. The van der Waals surface area contributed by atoms with Gasteiger partial charge in [-0.25, -0.2) is 4.79 Å². The summed E-state index contributed by atoms with van der Waals surface area (Å²) in [5.74, 6) is -1.22. The number of carboxylic acid groups (broad SMARTS) is 1. The van der Waals surface area contributed by atoms with E-state index in [1.165, 1.54) is 12.1 Å². The van der Waals surface area contributed by atoms with Gasteiger partial charge in [0.25, 0.3) is 0 Å². The Balaban J connectivity index is 1.62. The van der Waals surface area contributed by atoms with Gasteiger partial charge >= 0.3 is 5.97 Å². The molecule has 0 unspecified atom stereocenters. The Morgan fingerprint density at radius 1 is 0.964 bits per heavy atom. The maximum Gasteiger partial charge on any atom is 0.337 e. The summed E-state index contributed by atoms with van der Waals surface area (Å²) in [6, 6.07) is 18.8. The smallest absolute Gasteiger partial charge is 0.337 e. The highest BCUT2D eigenvalue weighted by atomic mass is 35.5. The van der Waals surface area contributed by atoms with Crippen molar-refractivity contribution >= 4 is 29.2 Å². The van der Waals surface area contributed by atoms with Crippen molar-refractivity contribution in [1.29, 1.82) is 0 Å². The van der Waals surface area contributed by atoms with Crippen LogP contribution in [0, 0.1) is 0 Å². The Bertz CT molecular complexity index is 1020. The zero-order chi connectivity index (χ0) is 20.1. The molecule has 0 spiro atoms. The number of phenolic OH excluding ortho intramolecular Hbond substituents is 1. The number of anilines is 1. The first-order valence-corrected chi connectivity index (χ1v) is 9.02. The molecule has 6 heteroatoms. The van der Waals surface area contributed by atoms with Crippen molar-refractivity contribution in [3.05, 3.63) is 82.9 Å². The number of para-hydroxylation sites is 1. The molecule has 28 heavy (non-hydrogen) atoms. The van der Waals surface area contributed by atoms with Crippen molar-refractivity contribution in [2.45, 2.75) is 12.8 Å². The number of carboxylic acids is 1. The highest BCUT2D eigenvalue weighted by molar-refractivity contribution is 6.33. The van der Waals surface area contributed by atoms with Crippen LogP contribution in [0.5, 0.6) is 5.75 Å². The SMILES string of the molecule is O=C(CCc1ccc(-c2ccc(O)cc2Cl)cc1)Nc1ccccc1C(=O)O. The van der Waals surface area contributed by atoms with Gasteiger partial charge in [-0.1, -0.05) is 48.0 Å². The first kappa shape index (κ1) is 19.5. The zero-order valence-corrected chi connectivity index (χ0v) is 15.6. The van der Waals surface area contributed by atoms with E-state index in [0.717, 1.165) is 16.7 Å². The number of nitrogens with one attached hydrogen (secondary N) is 1. The van der Waals surface area contributed by atoms with Gasteiger partial charge in [-0.05, 0) is 47.9 Å². The third-order valence-corrected chi connectivity index (χ3v) is 4.60. The second kappa shape index (κ2) is 8.59. The van der Waals surface area contributed by atoms with Crippen LogP contribution in [-0.2, 0) is 11.2 Å². The van der Waals surface area contributed by atoms with Crippen LogP contribution in [0.3, 0.4) is 0 Å². The van der Waals surface area contributed by atoms with Crippen molar-refractivity contribution in [2.75, 3.05) is 5.32 Å². The molecule has 0 aliphatic heterocycles. The van der Waals surface area contributed by atoms with E-state index in [4.69, 9.17) is 16.7 Å². The molecule has 3 aromatic carbocycles. The second-order valence-corrected chi connectivity index (χ2v) is 6.67. The molecule has 5 nitrogen and oxygen atoms in total. The number of carbonyl (C=O) groups excluding carboxylic acids is 1. The summed E-state index contributed by atoms with van der Waals surface area (Å²) in [6.07, 6.45) is 0.748. The average molecular weight is 396 g/mol. The van der Waals surface area contributed by atoms with E-state index in [2.05, 4.69) is 5.32 Å². The average Bonchev–Trinajstić information content (AvgIpc) is 2.67. The molecule has 0 radical (unpaired) electrons. The molecule has 0 fully saturated rings. The second-order valence-electron chi connectivity index (χ2n) is 6.26. The van der Waals surface area contributed by atoms with Crippen LogP contribution in [0.15, 0.2) is 66.7 Å². The summed E-state index contributed by atoms with van der Waals surface area (Å²) in [7, 11) is 0. The first-order valence-electron chi connectivity index (χ1n) is 8.64. The topological polar surface area (TPSA) is 86.6 Å². The van der Waals surface area contributed by atoms with E-state index >= 15 is 0 Å². The number of aromatic hydroxyl groups is 1. The molecule has 3 N–H and O–H groups in total. The normalized spacial score (nSPS) is 10.5. The molecule has 142 valence electrons. The molecular formula is C22H18ClNO4. The van der Waals surface area contributed by atoms with Crippen LogP contribution in [0.25, 0.3) is 11.1 Å². The molecule has 0 aliphatic carbocycles. The molecular weight excluding hydrogens is 378 g/mol. The molecule has 0 aromatic heterocycles. The van der Waals surface area contributed by atoms with Crippen molar-refractivity contribution < 1.29 is 19.8 Å². The number of aromatic carboxylic acids is 1. The minimum atomic E-state index is -1.08. The van der Waals surface area contributed by atoms with Crippen molar-refractivity contribution in [2.24, 2.45) is 0 Å². The quantitative estimate of drug-likeness (QED) is 0.549. The number of halogens is 1. The largest absolute Gasteiger partial charge is 0.508 e. The summed E-state index contributed by atoms with van der Waals surface area (Å²) in [5, 5.41) is 21.7. The number of phenols is 1. The fourth-order valence-electron chi connectivity index (χ4n) is 2.84.